The molecule has 0 atom stereocenters. The van der Waals surface area contributed by atoms with Gasteiger partial charge >= 0.3 is 0 Å². The summed E-state index contributed by atoms with van der Waals surface area (Å²) in [6, 6.07) is 28.4. The molecule has 5 heteroatoms. The topological polar surface area (TPSA) is 30.5 Å². The van der Waals surface area contributed by atoms with E-state index in [4.69, 9.17) is 9.47 Å². The van der Waals surface area contributed by atoms with Crippen LogP contribution in [-0.2, 0) is 26.3 Å². The standard InChI is InChI=1S/C28H25F2NO2/c29-25-11-5-7-21(15-25)19-32-27-13-3-1-9-23(27)17-31-18-24-10-2-4-14-28(24)33-20-22-8-6-12-26(30)16-22/h1-16,31H,17-20H2. The molecule has 0 amide bonds. The summed E-state index contributed by atoms with van der Waals surface area (Å²) in [6.07, 6.45) is 0. The molecule has 0 aliphatic carbocycles. The van der Waals surface area contributed by atoms with E-state index >= 15 is 0 Å². The summed E-state index contributed by atoms with van der Waals surface area (Å²) < 4.78 is 38.7. The normalized spacial score (nSPS) is 10.7. The fourth-order valence-corrected chi connectivity index (χ4v) is 3.49. The molecular weight excluding hydrogens is 420 g/mol. The highest BCUT2D eigenvalue weighted by atomic mass is 19.1. The molecule has 4 rings (SSSR count). The van der Waals surface area contributed by atoms with Crippen LogP contribution in [0.15, 0.2) is 97.1 Å². The Morgan fingerprint density at radius 2 is 1.00 bits per heavy atom. The van der Waals surface area contributed by atoms with Gasteiger partial charge in [0.2, 0.25) is 0 Å². The van der Waals surface area contributed by atoms with Crippen molar-refractivity contribution in [3.63, 3.8) is 0 Å². The molecule has 0 spiro atoms. The molecule has 33 heavy (non-hydrogen) atoms. The van der Waals surface area contributed by atoms with Crippen LogP contribution in [0.4, 0.5) is 8.78 Å². The minimum Gasteiger partial charge on any atom is -0.489 e. The zero-order chi connectivity index (χ0) is 22.9. The minimum atomic E-state index is -0.274. The van der Waals surface area contributed by atoms with Gasteiger partial charge < -0.3 is 14.8 Å². The van der Waals surface area contributed by atoms with Crippen molar-refractivity contribution in [3.05, 3.63) is 131 Å². The number of ether oxygens (including phenoxy) is 2. The molecule has 0 radical (unpaired) electrons. The van der Waals surface area contributed by atoms with E-state index in [9.17, 15) is 8.78 Å². The van der Waals surface area contributed by atoms with Gasteiger partial charge in [-0.3, -0.25) is 0 Å². The van der Waals surface area contributed by atoms with Crippen molar-refractivity contribution < 1.29 is 18.3 Å². The Morgan fingerprint density at radius 1 is 0.545 bits per heavy atom. The van der Waals surface area contributed by atoms with E-state index in [-0.39, 0.29) is 11.6 Å². The molecule has 1 N–H and O–H groups in total. The van der Waals surface area contributed by atoms with E-state index in [0.29, 0.717) is 26.3 Å². The minimum absolute atomic E-state index is 0.274. The van der Waals surface area contributed by atoms with E-state index in [1.807, 2.05) is 60.7 Å². The van der Waals surface area contributed by atoms with Crippen LogP contribution in [0.2, 0.25) is 0 Å². The van der Waals surface area contributed by atoms with Gasteiger partial charge in [0.25, 0.3) is 0 Å². The fraction of sp³-hybridized carbons (Fsp3) is 0.143. The average molecular weight is 446 g/mol. The lowest BCUT2D eigenvalue weighted by molar-refractivity contribution is 0.299. The van der Waals surface area contributed by atoms with Crippen molar-refractivity contribution in [3.8, 4) is 11.5 Å². The Labute approximate surface area is 192 Å². The monoisotopic (exact) mass is 445 g/mol. The van der Waals surface area contributed by atoms with Crippen LogP contribution in [0, 0.1) is 11.6 Å². The van der Waals surface area contributed by atoms with Gasteiger partial charge in [0.15, 0.2) is 0 Å². The van der Waals surface area contributed by atoms with E-state index in [2.05, 4.69) is 5.32 Å². The highest BCUT2D eigenvalue weighted by Crippen LogP contribution is 2.22. The number of nitrogens with one attached hydrogen (secondary N) is 1. The first-order chi connectivity index (χ1) is 16.2. The molecule has 0 aliphatic heterocycles. The SMILES string of the molecule is Fc1cccc(COc2ccccc2CNCc2ccccc2OCc2cccc(F)c2)c1. The van der Waals surface area contributed by atoms with Gasteiger partial charge in [-0.15, -0.1) is 0 Å². The summed E-state index contributed by atoms with van der Waals surface area (Å²) in [5, 5.41) is 3.43. The third-order valence-electron chi connectivity index (χ3n) is 5.14. The highest BCUT2D eigenvalue weighted by molar-refractivity contribution is 5.35. The second-order valence-electron chi connectivity index (χ2n) is 7.66. The summed E-state index contributed by atoms with van der Waals surface area (Å²) in [7, 11) is 0. The Balaban J connectivity index is 1.34. The van der Waals surface area contributed by atoms with Gasteiger partial charge in [0, 0.05) is 24.2 Å². The average Bonchev–Trinajstić information content (AvgIpc) is 2.83. The third kappa shape index (κ3) is 6.64. The Hall–Kier alpha value is -3.70. The van der Waals surface area contributed by atoms with E-state index in [1.54, 1.807) is 12.1 Å². The molecule has 168 valence electrons. The van der Waals surface area contributed by atoms with E-state index < -0.39 is 0 Å². The quantitative estimate of drug-likeness (QED) is 0.306. The Morgan fingerprint density at radius 3 is 1.45 bits per heavy atom. The molecule has 3 nitrogen and oxygen atoms in total. The summed E-state index contributed by atoms with van der Waals surface area (Å²) in [6.45, 7) is 1.78. The Bertz CT molecular complexity index is 1100. The number of hydrogen-bond donors (Lipinski definition) is 1. The first kappa shape index (κ1) is 22.5. The van der Waals surface area contributed by atoms with Crippen LogP contribution in [-0.4, -0.2) is 0 Å². The molecule has 0 unspecified atom stereocenters. The predicted octanol–water partition coefficient (Wildman–Crippen LogP) is 6.41. The molecule has 0 fully saturated rings. The first-order valence-electron chi connectivity index (χ1n) is 10.8. The van der Waals surface area contributed by atoms with Gasteiger partial charge in [-0.2, -0.15) is 0 Å². The summed E-state index contributed by atoms with van der Waals surface area (Å²) >= 11 is 0. The maximum Gasteiger partial charge on any atom is 0.124 e. The fourth-order valence-electron chi connectivity index (χ4n) is 3.49. The molecule has 4 aromatic rings. The van der Waals surface area contributed by atoms with Crippen molar-refractivity contribution in [2.75, 3.05) is 0 Å². The Kier molecular flexibility index (Phi) is 7.67. The van der Waals surface area contributed by atoms with Crippen molar-refractivity contribution in [2.24, 2.45) is 0 Å². The largest absolute Gasteiger partial charge is 0.489 e. The second kappa shape index (κ2) is 11.2. The van der Waals surface area contributed by atoms with Gasteiger partial charge in [0.1, 0.15) is 36.3 Å². The van der Waals surface area contributed by atoms with Crippen LogP contribution < -0.4 is 14.8 Å². The molecule has 0 saturated heterocycles. The smallest absolute Gasteiger partial charge is 0.124 e. The third-order valence-corrected chi connectivity index (χ3v) is 5.14. The van der Waals surface area contributed by atoms with Crippen LogP contribution >= 0.6 is 0 Å². The van der Waals surface area contributed by atoms with Gasteiger partial charge in [-0.1, -0.05) is 60.7 Å². The number of benzene rings is 4. The lowest BCUT2D eigenvalue weighted by atomic mass is 10.1. The van der Waals surface area contributed by atoms with Crippen molar-refractivity contribution in [1.29, 1.82) is 0 Å². The van der Waals surface area contributed by atoms with Crippen LogP contribution in [0.1, 0.15) is 22.3 Å². The molecular formula is C28H25F2NO2. The van der Waals surface area contributed by atoms with Crippen LogP contribution in [0.5, 0.6) is 11.5 Å². The zero-order valence-electron chi connectivity index (χ0n) is 18.1. The lowest BCUT2D eigenvalue weighted by Crippen LogP contribution is -2.14. The van der Waals surface area contributed by atoms with Gasteiger partial charge in [-0.25, -0.2) is 8.78 Å². The van der Waals surface area contributed by atoms with Crippen LogP contribution in [0.25, 0.3) is 0 Å². The molecule has 0 saturated carbocycles. The summed E-state index contributed by atoms with van der Waals surface area (Å²) in [5.74, 6) is 0.962. The van der Waals surface area contributed by atoms with Crippen molar-refractivity contribution >= 4 is 0 Å². The summed E-state index contributed by atoms with van der Waals surface area (Å²) in [5.41, 5.74) is 3.57. The molecule has 0 aromatic heterocycles. The molecule has 0 heterocycles. The number of halogens is 2. The zero-order valence-corrected chi connectivity index (χ0v) is 18.1. The molecule has 4 aromatic carbocycles. The predicted molar refractivity (Wildman–Crippen MR) is 125 cm³/mol. The van der Waals surface area contributed by atoms with E-state index in [0.717, 1.165) is 33.8 Å². The van der Waals surface area contributed by atoms with E-state index in [1.165, 1.54) is 24.3 Å². The number of rotatable bonds is 10. The van der Waals surface area contributed by atoms with Crippen molar-refractivity contribution in [1.82, 2.24) is 5.32 Å². The number of para-hydroxylation sites is 2. The first-order valence-corrected chi connectivity index (χ1v) is 10.8. The number of hydrogen-bond acceptors (Lipinski definition) is 3. The summed E-state index contributed by atoms with van der Waals surface area (Å²) in [4.78, 5) is 0. The molecule has 0 aliphatic rings. The maximum atomic E-state index is 13.4. The van der Waals surface area contributed by atoms with Crippen molar-refractivity contribution in [2.45, 2.75) is 26.3 Å². The van der Waals surface area contributed by atoms with Crippen LogP contribution in [0.3, 0.4) is 0 Å². The van der Waals surface area contributed by atoms with Gasteiger partial charge in [0.05, 0.1) is 0 Å². The van der Waals surface area contributed by atoms with Gasteiger partial charge in [-0.05, 0) is 47.5 Å². The highest BCUT2D eigenvalue weighted by Gasteiger charge is 2.07. The lowest BCUT2D eigenvalue weighted by Gasteiger charge is -2.14. The molecule has 0 bridgehead atoms. The second-order valence-corrected chi connectivity index (χ2v) is 7.66. The maximum absolute atomic E-state index is 13.4.